The first-order valence-corrected chi connectivity index (χ1v) is 6.21. The SMILES string of the molecule is CCC[SiH2]C(OC)(OC)C1CO1. The Kier molecular flexibility index (Phi) is 3.70. The number of hydrogen-bond acceptors (Lipinski definition) is 3. The second-order valence-electron chi connectivity index (χ2n) is 3.15. The van der Waals surface area contributed by atoms with Gasteiger partial charge in [-0.05, 0) is 0 Å². The van der Waals surface area contributed by atoms with Crippen LogP contribution in [0.2, 0.25) is 6.04 Å². The van der Waals surface area contributed by atoms with Crippen molar-refractivity contribution in [1.29, 1.82) is 0 Å². The number of hydrogen-bond donors (Lipinski definition) is 0. The van der Waals surface area contributed by atoms with Crippen molar-refractivity contribution in [2.75, 3.05) is 20.8 Å². The van der Waals surface area contributed by atoms with Crippen LogP contribution in [0, 0.1) is 0 Å². The van der Waals surface area contributed by atoms with Crippen molar-refractivity contribution in [2.24, 2.45) is 0 Å². The Morgan fingerprint density at radius 3 is 2.42 bits per heavy atom. The highest BCUT2D eigenvalue weighted by atomic mass is 28.2. The van der Waals surface area contributed by atoms with Crippen LogP contribution in [-0.4, -0.2) is 41.9 Å². The van der Waals surface area contributed by atoms with Crippen molar-refractivity contribution >= 4 is 9.52 Å². The number of methoxy groups -OCH3 is 2. The smallest absolute Gasteiger partial charge is 0.171 e. The molecule has 0 N–H and O–H groups in total. The lowest BCUT2D eigenvalue weighted by molar-refractivity contribution is -0.157. The molecule has 1 fully saturated rings. The molecule has 0 aliphatic carbocycles. The molecule has 1 rings (SSSR count). The van der Waals surface area contributed by atoms with Gasteiger partial charge in [-0.1, -0.05) is 19.4 Å². The Bertz CT molecular complexity index is 132. The number of ether oxygens (including phenoxy) is 3. The highest BCUT2D eigenvalue weighted by Crippen LogP contribution is 2.28. The summed E-state index contributed by atoms with van der Waals surface area (Å²) in [6.07, 6.45) is 1.43. The third-order valence-corrected chi connectivity index (χ3v) is 5.18. The van der Waals surface area contributed by atoms with E-state index in [2.05, 4.69) is 6.92 Å². The molecule has 0 saturated carbocycles. The first kappa shape index (κ1) is 10.2. The average Bonchev–Trinajstić information content (AvgIpc) is 2.91. The lowest BCUT2D eigenvalue weighted by atomic mass is 10.4. The molecule has 1 unspecified atom stereocenters. The Balaban J connectivity index is 2.43. The van der Waals surface area contributed by atoms with Crippen molar-refractivity contribution in [2.45, 2.75) is 30.9 Å². The molecule has 12 heavy (non-hydrogen) atoms. The maximum absolute atomic E-state index is 5.43. The standard InChI is InChI=1S/C8H18O3Si/c1-4-5-12-8(9-2,10-3)7-6-11-7/h7H,4-6,12H2,1-3H3. The summed E-state index contributed by atoms with van der Waals surface area (Å²) in [5.41, 5.74) is -0.337. The summed E-state index contributed by atoms with van der Waals surface area (Å²) in [5, 5.41) is 0. The second kappa shape index (κ2) is 4.37. The van der Waals surface area contributed by atoms with Crippen LogP contribution >= 0.6 is 0 Å². The molecule has 0 aromatic carbocycles. The molecule has 1 atom stereocenters. The van der Waals surface area contributed by atoms with Gasteiger partial charge in [0.25, 0.3) is 0 Å². The van der Waals surface area contributed by atoms with Gasteiger partial charge >= 0.3 is 0 Å². The van der Waals surface area contributed by atoms with Gasteiger partial charge in [-0.2, -0.15) is 0 Å². The van der Waals surface area contributed by atoms with Crippen LogP contribution in [0.1, 0.15) is 13.3 Å². The maximum Gasteiger partial charge on any atom is 0.171 e. The highest BCUT2D eigenvalue weighted by Gasteiger charge is 2.47. The maximum atomic E-state index is 5.43. The predicted molar refractivity (Wildman–Crippen MR) is 50.1 cm³/mol. The molecule has 4 heteroatoms. The van der Waals surface area contributed by atoms with E-state index in [1.165, 1.54) is 12.5 Å². The van der Waals surface area contributed by atoms with E-state index in [9.17, 15) is 0 Å². The van der Waals surface area contributed by atoms with E-state index in [-0.39, 0.29) is 21.0 Å². The first-order valence-electron chi connectivity index (χ1n) is 4.51. The quantitative estimate of drug-likeness (QED) is 0.343. The van der Waals surface area contributed by atoms with Crippen molar-refractivity contribution < 1.29 is 14.2 Å². The minimum Gasteiger partial charge on any atom is -0.368 e. The van der Waals surface area contributed by atoms with E-state index in [0.717, 1.165) is 6.61 Å². The van der Waals surface area contributed by atoms with E-state index in [4.69, 9.17) is 14.2 Å². The van der Waals surface area contributed by atoms with E-state index >= 15 is 0 Å². The van der Waals surface area contributed by atoms with Gasteiger partial charge in [0.05, 0.1) is 16.1 Å². The Labute approximate surface area is 76.2 Å². The molecule has 72 valence electrons. The van der Waals surface area contributed by atoms with Gasteiger partial charge in [0.1, 0.15) is 6.10 Å². The number of epoxide rings is 1. The zero-order valence-corrected chi connectivity index (χ0v) is 9.54. The van der Waals surface area contributed by atoms with Gasteiger partial charge < -0.3 is 14.2 Å². The Morgan fingerprint density at radius 1 is 1.50 bits per heavy atom. The molecule has 1 heterocycles. The highest BCUT2D eigenvalue weighted by molar-refractivity contribution is 6.39. The minimum atomic E-state index is -0.337. The molecule has 3 nitrogen and oxygen atoms in total. The fraction of sp³-hybridized carbons (Fsp3) is 1.00. The number of rotatable bonds is 6. The zero-order valence-electron chi connectivity index (χ0n) is 8.13. The third kappa shape index (κ3) is 2.07. The van der Waals surface area contributed by atoms with Crippen molar-refractivity contribution in [3.63, 3.8) is 0 Å². The summed E-state index contributed by atoms with van der Waals surface area (Å²) in [5.74, 6) is 0. The van der Waals surface area contributed by atoms with Crippen molar-refractivity contribution in [1.82, 2.24) is 0 Å². The monoisotopic (exact) mass is 190 g/mol. The van der Waals surface area contributed by atoms with Gasteiger partial charge in [-0.3, -0.25) is 0 Å². The molecule has 0 aromatic rings. The molecular weight excluding hydrogens is 172 g/mol. The lowest BCUT2D eigenvalue weighted by Gasteiger charge is -2.29. The first-order chi connectivity index (χ1) is 5.79. The average molecular weight is 190 g/mol. The van der Waals surface area contributed by atoms with E-state index < -0.39 is 0 Å². The molecule has 0 spiro atoms. The molecular formula is C8H18O3Si. The fourth-order valence-electron chi connectivity index (χ4n) is 1.44. The third-order valence-electron chi connectivity index (χ3n) is 2.39. The molecule has 1 saturated heterocycles. The van der Waals surface area contributed by atoms with Gasteiger partial charge in [0.15, 0.2) is 5.41 Å². The van der Waals surface area contributed by atoms with Crippen LogP contribution in [0.15, 0.2) is 0 Å². The normalized spacial score (nSPS) is 23.8. The van der Waals surface area contributed by atoms with Gasteiger partial charge in [-0.15, -0.1) is 0 Å². The van der Waals surface area contributed by atoms with E-state index in [0.29, 0.717) is 0 Å². The van der Waals surface area contributed by atoms with Gasteiger partial charge in [0, 0.05) is 14.2 Å². The van der Waals surface area contributed by atoms with Crippen LogP contribution in [0.5, 0.6) is 0 Å². The Hall–Kier alpha value is 0.0969. The second-order valence-corrected chi connectivity index (χ2v) is 5.34. The molecule has 1 aliphatic heterocycles. The van der Waals surface area contributed by atoms with Crippen molar-refractivity contribution in [3.05, 3.63) is 0 Å². The van der Waals surface area contributed by atoms with E-state index in [1.54, 1.807) is 14.2 Å². The Morgan fingerprint density at radius 2 is 2.08 bits per heavy atom. The molecule has 1 aliphatic rings. The van der Waals surface area contributed by atoms with Crippen LogP contribution < -0.4 is 0 Å². The summed E-state index contributed by atoms with van der Waals surface area (Å²) in [6, 6.07) is 1.25. The minimum absolute atomic E-state index is 0.214. The van der Waals surface area contributed by atoms with Crippen LogP contribution in [-0.2, 0) is 14.2 Å². The lowest BCUT2D eigenvalue weighted by Crippen LogP contribution is -2.45. The summed E-state index contributed by atoms with van der Waals surface area (Å²) < 4.78 is 16.1. The summed E-state index contributed by atoms with van der Waals surface area (Å²) >= 11 is 0. The molecule has 0 amide bonds. The van der Waals surface area contributed by atoms with Crippen LogP contribution in [0.25, 0.3) is 0 Å². The van der Waals surface area contributed by atoms with Gasteiger partial charge in [0.2, 0.25) is 0 Å². The summed E-state index contributed by atoms with van der Waals surface area (Å²) in [4.78, 5) is 0. The molecule has 0 bridgehead atoms. The predicted octanol–water partition coefficient (Wildman–Crippen LogP) is 0.329. The molecule has 0 radical (unpaired) electrons. The van der Waals surface area contributed by atoms with Gasteiger partial charge in [-0.25, -0.2) is 0 Å². The topological polar surface area (TPSA) is 31.0 Å². The fourth-order valence-corrected chi connectivity index (χ4v) is 3.25. The molecule has 0 aromatic heterocycles. The van der Waals surface area contributed by atoms with E-state index in [1.807, 2.05) is 0 Å². The summed E-state index contributed by atoms with van der Waals surface area (Å²) in [6.45, 7) is 3.00. The summed E-state index contributed by atoms with van der Waals surface area (Å²) in [7, 11) is 3.10. The zero-order chi connectivity index (χ0) is 9.03. The van der Waals surface area contributed by atoms with Crippen LogP contribution in [0.4, 0.5) is 0 Å². The van der Waals surface area contributed by atoms with Crippen molar-refractivity contribution in [3.8, 4) is 0 Å². The largest absolute Gasteiger partial charge is 0.368 e. The van der Waals surface area contributed by atoms with Crippen LogP contribution in [0.3, 0.4) is 0 Å².